The Labute approximate surface area is 432 Å². The van der Waals surface area contributed by atoms with Gasteiger partial charge in [0.15, 0.2) is 0 Å². The smallest absolute Gasteiger partial charge is 0.149 e. The zero-order valence-corrected chi connectivity index (χ0v) is 45.6. The first-order valence-electron chi connectivity index (χ1n) is 25.9. The van der Waals surface area contributed by atoms with Gasteiger partial charge >= 0.3 is 0 Å². The molecule has 0 saturated heterocycles. The monoisotopic (exact) mass is 962 g/mol. The Balaban J connectivity index is 1.19. The molecule has 6 aromatic carbocycles. The third kappa shape index (κ3) is 9.15. The highest BCUT2D eigenvalue weighted by molar-refractivity contribution is 6.13. The minimum absolute atomic E-state index is 0.0572. The van der Waals surface area contributed by atoms with Crippen LogP contribution in [0.3, 0.4) is 0 Å². The Kier molecular flexibility index (Phi) is 11.8. The molecule has 0 aliphatic heterocycles. The van der Waals surface area contributed by atoms with Crippen LogP contribution < -0.4 is 0 Å². The van der Waals surface area contributed by atoms with Crippen LogP contribution in [0.15, 0.2) is 152 Å². The van der Waals surface area contributed by atoms with E-state index in [0.717, 1.165) is 77.9 Å². The van der Waals surface area contributed by atoms with Gasteiger partial charge in [0, 0.05) is 51.2 Å². The van der Waals surface area contributed by atoms with E-state index in [9.17, 15) is 5.11 Å². The third-order valence-electron chi connectivity index (χ3n) is 14.7. The van der Waals surface area contributed by atoms with Gasteiger partial charge < -0.3 is 5.11 Å². The van der Waals surface area contributed by atoms with Crippen LogP contribution in [0.2, 0.25) is 0 Å². The molecule has 1 N–H and O–H groups in total. The summed E-state index contributed by atoms with van der Waals surface area (Å²) in [6.45, 7) is 34.2. The standard InChI is InChI=1S/C67H71N5O/c1-63(2,3)44-32-42(51-22-19-26-57-59(51)70-62(55-21-16-17-27-58(55)73)71(57)49-37-45(64(4,5)6)35-46(38-49)65(7,8)9)31-43(33-44)56-34-41(28-30-68-56)52-23-18-24-53-54-25-20-29-69-61(54)72(60(52)53)50-39-47(66(10,11)12)36-48(40-50)67(13,14)15/h16-40,73H,1-15H3. The summed E-state index contributed by atoms with van der Waals surface area (Å²) in [6, 6.07) is 50.3. The Bertz CT molecular complexity index is 3710. The zero-order chi connectivity index (χ0) is 52.2. The molecule has 0 spiro atoms. The number of pyridine rings is 2. The van der Waals surface area contributed by atoms with Gasteiger partial charge in [-0.25, -0.2) is 9.97 Å². The molecule has 0 aliphatic rings. The Morgan fingerprint density at radius 1 is 0.397 bits per heavy atom. The third-order valence-corrected chi connectivity index (χ3v) is 14.7. The molecule has 0 bridgehead atoms. The normalized spacial score (nSPS) is 12.9. The van der Waals surface area contributed by atoms with E-state index >= 15 is 0 Å². The summed E-state index contributed by atoms with van der Waals surface area (Å²) in [6.07, 6.45) is 3.86. The number of hydrogen-bond acceptors (Lipinski definition) is 4. The largest absolute Gasteiger partial charge is 0.507 e. The molecule has 73 heavy (non-hydrogen) atoms. The molecular formula is C67H71N5O. The van der Waals surface area contributed by atoms with E-state index in [4.69, 9.17) is 15.0 Å². The summed E-state index contributed by atoms with van der Waals surface area (Å²) < 4.78 is 4.63. The summed E-state index contributed by atoms with van der Waals surface area (Å²) in [5, 5.41) is 13.8. The number of aromatic hydroxyl groups is 1. The maximum atomic E-state index is 11.5. The number of aromatic nitrogens is 5. The predicted molar refractivity (Wildman–Crippen MR) is 308 cm³/mol. The number of hydrogen-bond donors (Lipinski definition) is 1. The maximum Gasteiger partial charge on any atom is 0.149 e. The van der Waals surface area contributed by atoms with Crippen LogP contribution in [0.25, 0.3) is 89.2 Å². The quantitative estimate of drug-likeness (QED) is 0.180. The van der Waals surface area contributed by atoms with Crippen LogP contribution >= 0.6 is 0 Å². The zero-order valence-electron chi connectivity index (χ0n) is 45.6. The minimum Gasteiger partial charge on any atom is -0.507 e. The van der Waals surface area contributed by atoms with Gasteiger partial charge in [-0.3, -0.25) is 14.1 Å². The van der Waals surface area contributed by atoms with Crippen molar-refractivity contribution in [3.63, 3.8) is 0 Å². The van der Waals surface area contributed by atoms with Crippen molar-refractivity contribution in [2.45, 2.75) is 131 Å². The summed E-state index contributed by atoms with van der Waals surface area (Å²) in [4.78, 5) is 15.7. The fraction of sp³-hybridized carbons (Fsp3) is 0.299. The van der Waals surface area contributed by atoms with Crippen molar-refractivity contribution in [1.29, 1.82) is 0 Å². The first-order valence-corrected chi connectivity index (χ1v) is 25.9. The van der Waals surface area contributed by atoms with Crippen molar-refractivity contribution in [3.8, 4) is 62.0 Å². The highest BCUT2D eigenvalue weighted by atomic mass is 16.3. The van der Waals surface area contributed by atoms with Crippen LogP contribution in [-0.4, -0.2) is 29.2 Å². The van der Waals surface area contributed by atoms with E-state index in [1.54, 1.807) is 6.07 Å². The highest BCUT2D eigenvalue weighted by Gasteiger charge is 2.28. The Morgan fingerprint density at radius 2 is 0.918 bits per heavy atom. The van der Waals surface area contributed by atoms with Crippen molar-refractivity contribution in [2.24, 2.45) is 0 Å². The van der Waals surface area contributed by atoms with Crippen molar-refractivity contribution in [2.75, 3.05) is 0 Å². The van der Waals surface area contributed by atoms with E-state index < -0.39 is 0 Å². The van der Waals surface area contributed by atoms with Gasteiger partial charge in [-0.05, 0) is 145 Å². The van der Waals surface area contributed by atoms with Gasteiger partial charge in [0.1, 0.15) is 17.2 Å². The molecule has 0 atom stereocenters. The lowest BCUT2D eigenvalue weighted by atomic mass is 9.80. The maximum absolute atomic E-state index is 11.5. The van der Waals surface area contributed by atoms with Crippen molar-refractivity contribution >= 4 is 33.0 Å². The average Bonchev–Trinajstić information content (AvgIpc) is 3.89. The van der Waals surface area contributed by atoms with Crippen LogP contribution in [0, 0.1) is 0 Å². The number of nitrogens with zero attached hydrogens (tertiary/aromatic N) is 5. The molecule has 0 amide bonds. The molecule has 370 valence electrons. The lowest BCUT2D eigenvalue weighted by Crippen LogP contribution is -2.17. The van der Waals surface area contributed by atoms with Crippen LogP contribution in [0.4, 0.5) is 0 Å². The molecule has 0 aliphatic carbocycles. The fourth-order valence-corrected chi connectivity index (χ4v) is 10.1. The summed E-state index contributed by atoms with van der Waals surface area (Å²) in [5.74, 6) is 0.876. The topological polar surface area (TPSA) is 68.8 Å². The molecule has 10 rings (SSSR count). The lowest BCUT2D eigenvalue weighted by molar-refractivity contribution is 0.477. The summed E-state index contributed by atoms with van der Waals surface area (Å²) in [7, 11) is 0. The van der Waals surface area contributed by atoms with Crippen LogP contribution in [0.1, 0.15) is 132 Å². The number of para-hydroxylation sites is 3. The molecule has 4 heterocycles. The van der Waals surface area contributed by atoms with Gasteiger partial charge in [-0.2, -0.15) is 0 Å². The molecule has 0 unspecified atom stereocenters. The van der Waals surface area contributed by atoms with Gasteiger partial charge in [-0.1, -0.05) is 165 Å². The molecule has 4 aromatic heterocycles. The van der Waals surface area contributed by atoms with Gasteiger partial charge in [-0.15, -0.1) is 0 Å². The second-order valence-electron chi connectivity index (χ2n) is 25.4. The number of phenols is 1. The lowest BCUT2D eigenvalue weighted by Gasteiger charge is -2.27. The number of imidazole rings is 1. The number of benzene rings is 6. The Morgan fingerprint density at radius 3 is 1.52 bits per heavy atom. The summed E-state index contributed by atoms with van der Waals surface area (Å²) >= 11 is 0. The van der Waals surface area contributed by atoms with Crippen molar-refractivity contribution in [1.82, 2.24) is 24.1 Å². The molecule has 10 aromatic rings. The number of rotatable bonds is 6. The minimum atomic E-state index is -0.180. The van der Waals surface area contributed by atoms with E-state index in [1.165, 1.54) is 27.8 Å². The van der Waals surface area contributed by atoms with E-state index in [-0.39, 0.29) is 32.8 Å². The molecule has 0 saturated carbocycles. The van der Waals surface area contributed by atoms with E-state index in [2.05, 4.69) is 222 Å². The molecular weight excluding hydrogens is 891 g/mol. The first-order chi connectivity index (χ1) is 34.3. The first kappa shape index (κ1) is 49.3. The van der Waals surface area contributed by atoms with E-state index in [0.29, 0.717) is 11.4 Å². The SMILES string of the molecule is CC(C)(C)c1cc(-c2cc(-c3cccc4c5cccnc5n(-c5cc(C(C)(C)C)cc(C(C)(C)C)c5)c34)ccn2)cc(-c2cccc3c2nc(-c2ccccc2O)n3-c2cc(C(C)(C)C)cc(C(C)(C)C)c2)c1. The highest BCUT2D eigenvalue weighted by Crippen LogP contribution is 2.44. The fourth-order valence-electron chi connectivity index (χ4n) is 10.1. The van der Waals surface area contributed by atoms with Crippen LogP contribution in [-0.2, 0) is 27.1 Å². The predicted octanol–water partition coefficient (Wildman–Crippen LogP) is 17.8. The van der Waals surface area contributed by atoms with Crippen LogP contribution in [0.5, 0.6) is 5.75 Å². The number of phenolic OH excluding ortho intramolecular Hbond substituents is 1. The molecule has 6 nitrogen and oxygen atoms in total. The van der Waals surface area contributed by atoms with Crippen molar-refractivity contribution < 1.29 is 5.11 Å². The van der Waals surface area contributed by atoms with Gasteiger partial charge in [0.2, 0.25) is 0 Å². The molecule has 0 radical (unpaired) electrons. The molecule has 6 heteroatoms. The van der Waals surface area contributed by atoms with Gasteiger partial charge in [0.25, 0.3) is 0 Å². The van der Waals surface area contributed by atoms with E-state index in [1.807, 2.05) is 36.7 Å². The van der Waals surface area contributed by atoms with Gasteiger partial charge in [0.05, 0.1) is 27.8 Å². The average molecular weight is 962 g/mol. The summed E-state index contributed by atoms with van der Waals surface area (Å²) in [5.41, 5.74) is 18.6. The Hall–Kier alpha value is -7.31. The number of fused-ring (bicyclic) bond motifs is 4. The van der Waals surface area contributed by atoms with Crippen molar-refractivity contribution in [3.05, 3.63) is 180 Å². The second-order valence-corrected chi connectivity index (χ2v) is 25.4. The molecule has 0 fully saturated rings. The second kappa shape index (κ2) is 17.4.